The Hall–Kier alpha value is -2.62. The molecule has 0 radical (unpaired) electrons. The van der Waals surface area contributed by atoms with Crippen LogP contribution in [0.2, 0.25) is 0 Å². The second-order valence-corrected chi connectivity index (χ2v) is 13.8. The molecule has 1 saturated heterocycles. The van der Waals surface area contributed by atoms with Gasteiger partial charge in [-0.05, 0) is 59.1 Å². The second kappa shape index (κ2) is 12.3. The van der Waals surface area contributed by atoms with E-state index in [2.05, 4.69) is 26.1 Å². The summed E-state index contributed by atoms with van der Waals surface area (Å²) in [5, 5.41) is 13.2. The van der Waals surface area contributed by atoms with Crippen LogP contribution < -0.4 is 14.8 Å². The number of carboxylic acids is 1. The standard InChI is InChI=1S/C30H42N2O6S/c1-5-6-17-39(35,36)32-19-25-26(20-32)28(25)31-15-16-37-23-11-7-21(8-12-23)18-27(29(33)34)38-24-13-9-22(10-14-24)30(2,3)4/h7-14,25-28,31H,5-6,15-20H2,1-4H3,(H,33,34)/t25-,26+,27-,28?/m0/s1. The van der Waals surface area contributed by atoms with Gasteiger partial charge in [-0.25, -0.2) is 17.5 Å². The molecule has 2 N–H and O–H groups in total. The van der Waals surface area contributed by atoms with Gasteiger partial charge in [0.25, 0.3) is 0 Å². The van der Waals surface area contributed by atoms with E-state index in [1.165, 1.54) is 0 Å². The zero-order valence-corrected chi connectivity index (χ0v) is 24.2. The summed E-state index contributed by atoms with van der Waals surface area (Å²) in [5.41, 5.74) is 2.03. The maximum Gasteiger partial charge on any atom is 0.345 e. The molecule has 39 heavy (non-hydrogen) atoms. The molecule has 2 aromatic carbocycles. The van der Waals surface area contributed by atoms with Crippen molar-refractivity contribution >= 4 is 16.0 Å². The van der Waals surface area contributed by atoms with Crippen molar-refractivity contribution in [3.05, 3.63) is 59.7 Å². The fourth-order valence-electron chi connectivity index (χ4n) is 5.18. The maximum atomic E-state index is 12.4. The number of benzene rings is 2. The van der Waals surface area contributed by atoms with E-state index in [9.17, 15) is 18.3 Å². The highest BCUT2D eigenvalue weighted by atomic mass is 32.2. The number of carboxylic acid groups (broad SMARTS) is 1. The number of nitrogens with one attached hydrogen (secondary N) is 1. The summed E-state index contributed by atoms with van der Waals surface area (Å²) in [7, 11) is -3.11. The number of piperidine rings is 1. The van der Waals surface area contributed by atoms with E-state index in [0.717, 1.165) is 23.3 Å². The second-order valence-electron chi connectivity index (χ2n) is 11.7. The van der Waals surface area contributed by atoms with Gasteiger partial charge in [-0.1, -0.05) is 58.4 Å². The number of sulfonamides is 1. The Morgan fingerprint density at radius 3 is 2.23 bits per heavy atom. The van der Waals surface area contributed by atoms with E-state index < -0.39 is 22.1 Å². The fraction of sp³-hybridized carbons (Fsp3) is 0.567. The predicted octanol–water partition coefficient (Wildman–Crippen LogP) is 4.09. The Labute approximate surface area is 232 Å². The number of carbonyl (C=O) groups is 1. The molecule has 2 fully saturated rings. The highest BCUT2D eigenvalue weighted by Gasteiger charge is 2.57. The minimum Gasteiger partial charge on any atom is -0.492 e. The van der Waals surface area contributed by atoms with Crippen LogP contribution in [0.4, 0.5) is 0 Å². The highest BCUT2D eigenvalue weighted by molar-refractivity contribution is 7.89. The Bertz CT molecular complexity index is 1200. The van der Waals surface area contributed by atoms with Crippen molar-refractivity contribution in [3.8, 4) is 11.5 Å². The number of hydrogen-bond donors (Lipinski definition) is 2. The van der Waals surface area contributed by atoms with Gasteiger partial charge in [-0.3, -0.25) is 0 Å². The first kappa shape index (κ1) is 29.4. The fourth-order valence-corrected chi connectivity index (χ4v) is 6.89. The Balaban J connectivity index is 1.17. The lowest BCUT2D eigenvalue weighted by Gasteiger charge is -2.20. The first-order valence-electron chi connectivity index (χ1n) is 13.9. The summed E-state index contributed by atoms with van der Waals surface area (Å²) in [6.07, 6.45) is 0.858. The number of rotatable bonds is 14. The minimum absolute atomic E-state index is 0.0163. The summed E-state index contributed by atoms with van der Waals surface area (Å²) in [4.78, 5) is 11.8. The number of fused-ring (bicyclic) bond motifs is 1. The maximum absolute atomic E-state index is 12.4. The van der Waals surface area contributed by atoms with E-state index in [1.54, 1.807) is 4.31 Å². The summed E-state index contributed by atoms with van der Waals surface area (Å²) >= 11 is 0. The Morgan fingerprint density at radius 1 is 1.05 bits per heavy atom. The van der Waals surface area contributed by atoms with Crippen molar-refractivity contribution in [3.63, 3.8) is 0 Å². The first-order chi connectivity index (χ1) is 18.5. The number of aliphatic carboxylic acids is 1. The van der Waals surface area contributed by atoms with Gasteiger partial charge in [-0.2, -0.15) is 0 Å². The third-order valence-electron chi connectivity index (χ3n) is 7.68. The molecule has 0 spiro atoms. The molecule has 4 atom stereocenters. The normalized spacial score (nSPS) is 21.8. The molecule has 2 aromatic rings. The molecule has 214 valence electrons. The van der Waals surface area contributed by atoms with Gasteiger partial charge in [0.2, 0.25) is 10.0 Å². The Kier molecular flexibility index (Phi) is 9.24. The lowest BCUT2D eigenvalue weighted by molar-refractivity contribution is -0.145. The number of unbranched alkanes of at least 4 members (excludes halogenated alkanes) is 1. The SMILES string of the molecule is CCCCS(=O)(=O)N1C[C@@H]2C(NCCOc3ccc(C[C@H](Oc4ccc(C(C)(C)C)cc4)C(=O)O)cc3)[C@@H]2C1. The van der Waals surface area contributed by atoms with Crippen LogP contribution in [0.25, 0.3) is 0 Å². The largest absolute Gasteiger partial charge is 0.492 e. The third kappa shape index (κ3) is 7.74. The van der Waals surface area contributed by atoms with E-state index in [4.69, 9.17) is 9.47 Å². The van der Waals surface area contributed by atoms with Crippen LogP contribution in [0.5, 0.6) is 11.5 Å². The summed E-state index contributed by atoms with van der Waals surface area (Å²) in [5.74, 6) is 1.31. The molecule has 8 nitrogen and oxygen atoms in total. The third-order valence-corrected chi connectivity index (χ3v) is 9.57. The van der Waals surface area contributed by atoms with Crippen LogP contribution in [-0.2, 0) is 26.7 Å². The van der Waals surface area contributed by atoms with Crippen LogP contribution in [0.15, 0.2) is 48.5 Å². The average molecular weight is 559 g/mol. The topological polar surface area (TPSA) is 105 Å². The molecular weight excluding hydrogens is 516 g/mol. The van der Waals surface area contributed by atoms with Crippen molar-refractivity contribution in [2.45, 2.75) is 64.5 Å². The number of hydrogen-bond acceptors (Lipinski definition) is 6. The smallest absolute Gasteiger partial charge is 0.345 e. The number of ether oxygens (including phenoxy) is 2. The van der Waals surface area contributed by atoms with Gasteiger partial charge in [0.1, 0.15) is 18.1 Å². The molecule has 1 aliphatic carbocycles. The monoisotopic (exact) mass is 558 g/mol. The molecule has 0 aromatic heterocycles. The van der Waals surface area contributed by atoms with Gasteiger partial charge in [-0.15, -0.1) is 0 Å². The van der Waals surface area contributed by atoms with Crippen LogP contribution >= 0.6 is 0 Å². The van der Waals surface area contributed by atoms with Crippen molar-refractivity contribution in [1.29, 1.82) is 0 Å². The molecule has 1 unspecified atom stereocenters. The van der Waals surface area contributed by atoms with Crippen molar-refractivity contribution in [2.24, 2.45) is 11.8 Å². The highest BCUT2D eigenvalue weighted by Crippen LogP contribution is 2.46. The van der Waals surface area contributed by atoms with Crippen molar-refractivity contribution in [2.75, 3.05) is 32.0 Å². The van der Waals surface area contributed by atoms with E-state index in [-0.39, 0.29) is 17.6 Å². The molecule has 1 saturated carbocycles. The van der Waals surface area contributed by atoms with Crippen LogP contribution in [0, 0.1) is 11.8 Å². The van der Waals surface area contributed by atoms with Gasteiger partial charge >= 0.3 is 5.97 Å². The summed E-state index contributed by atoms with van der Waals surface area (Å²) < 4.78 is 38.0. The molecule has 1 aliphatic heterocycles. The molecule has 0 amide bonds. The summed E-state index contributed by atoms with van der Waals surface area (Å²) in [6, 6.07) is 15.4. The van der Waals surface area contributed by atoms with Crippen LogP contribution in [-0.4, -0.2) is 67.9 Å². The molecule has 9 heteroatoms. The van der Waals surface area contributed by atoms with Crippen molar-refractivity contribution in [1.82, 2.24) is 9.62 Å². The average Bonchev–Trinajstić information content (AvgIpc) is 3.32. The van der Waals surface area contributed by atoms with E-state index in [1.807, 2.05) is 55.5 Å². The zero-order chi connectivity index (χ0) is 28.2. The van der Waals surface area contributed by atoms with Crippen LogP contribution in [0.1, 0.15) is 51.7 Å². The predicted molar refractivity (Wildman–Crippen MR) is 152 cm³/mol. The van der Waals surface area contributed by atoms with Gasteiger partial charge in [0.15, 0.2) is 6.10 Å². The molecule has 2 aliphatic rings. The van der Waals surface area contributed by atoms with E-state index in [0.29, 0.717) is 56.3 Å². The van der Waals surface area contributed by atoms with Gasteiger partial charge in [0, 0.05) is 32.1 Å². The first-order valence-corrected chi connectivity index (χ1v) is 15.5. The lowest BCUT2D eigenvalue weighted by Crippen LogP contribution is -2.37. The molecule has 4 rings (SSSR count). The molecular formula is C30H42N2O6S. The number of nitrogens with zero attached hydrogens (tertiary/aromatic N) is 1. The van der Waals surface area contributed by atoms with Gasteiger partial charge < -0.3 is 19.9 Å². The summed E-state index contributed by atoms with van der Waals surface area (Å²) in [6.45, 7) is 10.8. The van der Waals surface area contributed by atoms with Gasteiger partial charge in [0.05, 0.1) is 5.75 Å². The van der Waals surface area contributed by atoms with Crippen LogP contribution in [0.3, 0.4) is 0 Å². The zero-order valence-electron chi connectivity index (χ0n) is 23.4. The quantitative estimate of drug-likeness (QED) is 0.337. The molecule has 0 bridgehead atoms. The minimum atomic E-state index is -3.11. The van der Waals surface area contributed by atoms with E-state index >= 15 is 0 Å². The lowest BCUT2D eigenvalue weighted by atomic mass is 9.87. The van der Waals surface area contributed by atoms with Crippen molar-refractivity contribution < 1.29 is 27.8 Å². The molecule has 1 heterocycles. The Morgan fingerprint density at radius 2 is 1.67 bits per heavy atom.